The second-order valence-corrected chi connectivity index (χ2v) is 6.16. The summed E-state index contributed by atoms with van der Waals surface area (Å²) in [6.07, 6.45) is 0.417. The molecule has 2 amide bonds. The van der Waals surface area contributed by atoms with E-state index in [1.807, 2.05) is 0 Å². The van der Waals surface area contributed by atoms with Crippen LogP contribution >= 0.6 is 0 Å². The number of ether oxygens (including phenoxy) is 2. The van der Waals surface area contributed by atoms with Crippen LogP contribution in [0.3, 0.4) is 0 Å². The minimum absolute atomic E-state index is 0.0767. The Morgan fingerprint density at radius 3 is 2.60 bits per heavy atom. The summed E-state index contributed by atoms with van der Waals surface area (Å²) in [5.74, 6) is -0.215. The molecule has 0 aliphatic heterocycles. The van der Waals surface area contributed by atoms with Crippen molar-refractivity contribution in [2.75, 3.05) is 20.3 Å². The summed E-state index contributed by atoms with van der Waals surface area (Å²) in [7, 11) is 1.56. The zero-order chi connectivity index (χ0) is 18.4. The van der Waals surface area contributed by atoms with Gasteiger partial charge >= 0.3 is 0 Å². The van der Waals surface area contributed by atoms with Crippen LogP contribution in [0.15, 0.2) is 24.3 Å². The van der Waals surface area contributed by atoms with E-state index in [4.69, 9.17) is 9.47 Å². The Labute approximate surface area is 147 Å². The lowest BCUT2D eigenvalue weighted by atomic mass is 10.1. The van der Waals surface area contributed by atoms with Gasteiger partial charge in [-0.15, -0.1) is 0 Å². The van der Waals surface area contributed by atoms with E-state index in [9.17, 15) is 14.4 Å². The average Bonchev–Trinajstić information content (AvgIpc) is 3.36. The van der Waals surface area contributed by atoms with Crippen LogP contribution in [0, 0.1) is 0 Å². The molecule has 25 heavy (non-hydrogen) atoms. The van der Waals surface area contributed by atoms with E-state index in [2.05, 4.69) is 10.6 Å². The third-order valence-electron chi connectivity index (χ3n) is 4.06. The second kappa shape index (κ2) is 8.11. The Morgan fingerprint density at radius 1 is 1.28 bits per heavy atom. The number of benzene rings is 1. The Kier molecular flexibility index (Phi) is 6.14. The van der Waals surface area contributed by atoms with Crippen molar-refractivity contribution in [2.24, 2.45) is 0 Å². The lowest BCUT2D eigenvalue weighted by molar-refractivity contribution is -0.133. The van der Waals surface area contributed by atoms with E-state index in [0.29, 0.717) is 37.3 Å². The SMILES string of the molecule is COCCNC(=O)C1(NC(=O)[C@@H](C)Oc2cccc(C(C)=O)c2)CC1. The van der Waals surface area contributed by atoms with E-state index in [1.165, 1.54) is 6.92 Å². The van der Waals surface area contributed by atoms with Crippen molar-refractivity contribution in [2.45, 2.75) is 38.3 Å². The summed E-state index contributed by atoms with van der Waals surface area (Å²) in [5, 5.41) is 5.51. The van der Waals surface area contributed by atoms with Crippen LogP contribution in [0.1, 0.15) is 37.0 Å². The molecule has 0 radical (unpaired) electrons. The number of Topliss-reactive ketones (excluding diaryl/α,β-unsaturated/α-hetero) is 1. The largest absolute Gasteiger partial charge is 0.481 e. The van der Waals surface area contributed by atoms with Crippen LogP contribution in [0.2, 0.25) is 0 Å². The fraction of sp³-hybridized carbons (Fsp3) is 0.500. The molecular weight excluding hydrogens is 324 g/mol. The highest BCUT2D eigenvalue weighted by Crippen LogP contribution is 2.35. The summed E-state index contributed by atoms with van der Waals surface area (Å²) in [6, 6.07) is 6.66. The molecule has 0 heterocycles. The summed E-state index contributed by atoms with van der Waals surface area (Å²) in [6.45, 7) is 3.89. The highest BCUT2D eigenvalue weighted by atomic mass is 16.5. The highest BCUT2D eigenvalue weighted by molar-refractivity contribution is 5.95. The first-order valence-corrected chi connectivity index (χ1v) is 8.25. The molecule has 1 fully saturated rings. The molecule has 0 bridgehead atoms. The fourth-order valence-electron chi connectivity index (χ4n) is 2.35. The monoisotopic (exact) mass is 348 g/mol. The Bertz CT molecular complexity index is 655. The molecule has 2 rings (SSSR count). The Balaban J connectivity index is 1.91. The van der Waals surface area contributed by atoms with Gasteiger partial charge in [-0.1, -0.05) is 12.1 Å². The second-order valence-electron chi connectivity index (χ2n) is 6.16. The van der Waals surface area contributed by atoms with Gasteiger partial charge < -0.3 is 20.1 Å². The molecule has 1 aromatic carbocycles. The molecule has 1 aliphatic rings. The Hall–Kier alpha value is -2.41. The first-order chi connectivity index (χ1) is 11.9. The van der Waals surface area contributed by atoms with E-state index >= 15 is 0 Å². The maximum atomic E-state index is 12.3. The zero-order valence-electron chi connectivity index (χ0n) is 14.8. The molecule has 0 spiro atoms. The molecule has 2 N–H and O–H groups in total. The van der Waals surface area contributed by atoms with Crippen LogP contribution in [-0.2, 0) is 14.3 Å². The lowest BCUT2D eigenvalue weighted by Gasteiger charge is -2.20. The molecular formula is C18H24N2O5. The van der Waals surface area contributed by atoms with Gasteiger partial charge in [0.25, 0.3) is 5.91 Å². The number of rotatable bonds is 9. The van der Waals surface area contributed by atoms with Crippen molar-refractivity contribution < 1.29 is 23.9 Å². The number of nitrogens with one attached hydrogen (secondary N) is 2. The van der Waals surface area contributed by atoms with E-state index < -0.39 is 11.6 Å². The smallest absolute Gasteiger partial charge is 0.261 e. The van der Waals surface area contributed by atoms with Crippen molar-refractivity contribution >= 4 is 17.6 Å². The molecule has 1 aliphatic carbocycles. The van der Waals surface area contributed by atoms with Gasteiger partial charge in [0.15, 0.2) is 11.9 Å². The third kappa shape index (κ3) is 5.03. The number of carbonyl (C=O) groups is 3. The minimum Gasteiger partial charge on any atom is -0.481 e. The third-order valence-corrected chi connectivity index (χ3v) is 4.06. The van der Waals surface area contributed by atoms with Crippen molar-refractivity contribution in [1.82, 2.24) is 10.6 Å². The highest BCUT2D eigenvalue weighted by Gasteiger charge is 2.51. The molecule has 136 valence electrons. The van der Waals surface area contributed by atoms with Gasteiger partial charge in [-0.25, -0.2) is 0 Å². The topological polar surface area (TPSA) is 93.7 Å². The van der Waals surface area contributed by atoms with Crippen LogP contribution in [0.4, 0.5) is 0 Å². The number of amides is 2. The van der Waals surface area contributed by atoms with Crippen LogP contribution in [-0.4, -0.2) is 49.5 Å². The molecule has 0 unspecified atom stereocenters. The van der Waals surface area contributed by atoms with Gasteiger partial charge in [0, 0.05) is 19.2 Å². The maximum absolute atomic E-state index is 12.3. The van der Waals surface area contributed by atoms with Crippen LogP contribution in [0.5, 0.6) is 5.75 Å². The average molecular weight is 348 g/mol. The van der Waals surface area contributed by atoms with Gasteiger partial charge in [0.2, 0.25) is 5.91 Å². The first kappa shape index (κ1) is 18.9. The molecule has 0 saturated heterocycles. The predicted octanol–water partition coefficient (Wildman–Crippen LogP) is 1.07. The predicted molar refractivity (Wildman–Crippen MR) is 91.5 cm³/mol. The van der Waals surface area contributed by atoms with Crippen LogP contribution < -0.4 is 15.4 Å². The van der Waals surface area contributed by atoms with Gasteiger partial charge in [-0.3, -0.25) is 14.4 Å². The summed E-state index contributed by atoms with van der Waals surface area (Å²) in [5.41, 5.74) is -0.328. The van der Waals surface area contributed by atoms with E-state index in [-0.39, 0.29) is 17.6 Å². The lowest BCUT2D eigenvalue weighted by Crippen LogP contribution is -2.52. The fourth-order valence-corrected chi connectivity index (χ4v) is 2.35. The molecule has 1 atom stereocenters. The van der Waals surface area contributed by atoms with E-state index in [0.717, 1.165) is 0 Å². The van der Waals surface area contributed by atoms with E-state index in [1.54, 1.807) is 38.3 Å². The van der Waals surface area contributed by atoms with Crippen molar-refractivity contribution in [1.29, 1.82) is 0 Å². The summed E-state index contributed by atoms with van der Waals surface area (Å²) in [4.78, 5) is 35.9. The van der Waals surface area contributed by atoms with Gasteiger partial charge in [0.05, 0.1) is 6.61 Å². The Morgan fingerprint density at radius 2 is 2.00 bits per heavy atom. The standard InChI is InChI=1S/C18H24N2O5/c1-12(21)14-5-4-6-15(11-14)25-13(2)16(22)20-18(7-8-18)17(23)19-9-10-24-3/h4-6,11,13H,7-10H2,1-3H3,(H,19,23)(H,20,22)/t13-/m1/s1. The number of hydrogen-bond acceptors (Lipinski definition) is 5. The molecule has 1 saturated carbocycles. The van der Waals surface area contributed by atoms with Crippen LogP contribution in [0.25, 0.3) is 0 Å². The molecule has 1 aromatic rings. The maximum Gasteiger partial charge on any atom is 0.261 e. The molecule has 7 nitrogen and oxygen atoms in total. The quantitative estimate of drug-likeness (QED) is 0.514. The van der Waals surface area contributed by atoms with Crippen molar-refractivity contribution in [3.8, 4) is 5.75 Å². The summed E-state index contributed by atoms with van der Waals surface area (Å²) < 4.78 is 10.5. The number of ketones is 1. The zero-order valence-corrected chi connectivity index (χ0v) is 14.8. The number of hydrogen-bond donors (Lipinski definition) is 2. The number of methoxy groups -OCH3 is 1. The first-order valence-electron chi connectivity index (χ1n) is 8.25. The number of carbonyl (C=O) groups excluding carboxylic acids is 3. The minimum atomic E-state index is -0.844. The van der Waals surface area contributed by atoms with Crippen molar-refractivity contribution in [3.63, 3.8) is 0 Å². The van der Waals surface area contributed by atoms with Gasteiger partial charge in [0.1, 0.15) is 11.3 Å². The van der Waals surface area contributed by atoms with Gasteiger partial charge in [-0.2, -0.15) is 0 Å². The molecule has 7 heteroatoms. The van der Waals surface area contributed by atoms with Crippen molar-refractivity contribution in [3.05, 3.63) is 29.8 Å². The van der Waals surface area contributed by atoms with Gasteiger partial charge in [-0.05, 0) is 38.8 Å². The molecule has 0 aromatic heterocycles. The summed E-state index contributed by atoms with van der Waals surface area (Å²) >= 11 is 0. The normalized spacial score (nSPS) is 15.8.